The number of hydrogen-bond acceptors (Lipinski definition) is 6. The Labute approximate surface area is 136 Å². The highest BCUT2D eigenvalue weighted by molar-refractivity contribution is 7.89. The Morgan fingerprint density at radius 1 is 1.45 bits per heavy atom. The highest BCUT2D eigenvalue weighted by Gasteiger charge is 2.21. The predicted octanol–water partition coefficient (Wildman–Crippen LogP) is 1.75. The molecule has 0 saturated carbocycles. The van der Waals surface area contributed by atoms with Crippen LogP contribution in [0.1, 0.15) is 31.9 Å². The number of rotatable bonds is 7. The van der Waals surface area contributed by atoms with Gasteiger partial charge < -0.3 is 10.3 Å². The molecule has 2 aromatic heterocycles. The van der Waals surface area contributed by atoms with Crippen LogP contribution in [-0.2, 0) is 10.0 Å². The molecule has 7 nitrogen and oxygen atoms in total. The van der Waals surface area contributed by atoms with Gasteiger partial charge in [0.05, 0.1) is 17.3 Å². The van der Waals surface area contributed by atoms with E-state index in [0.717, 1.165) is 12.8 Å². The summed E-state index contributed by atoms with van der Waals surface area (Å²) in [6, 6.07) is 1.25. The summed E-state index contributed by atoms with van der Waals surface area (Å²) in [6.07, 6.45) is 3.90. The summed E-state index contributed by atoms with van der Waals surface area (Å²) in [5.41, 5.74) is 6.56. The third-order valence-electron chi connectivity index (χ3n) is 3.31. The summed E-state index contributed by atoms with van der Waals surface area (Å²) in [5, 5.41) is 4.36. The van der Waals surface area contributed by atoms with Crippen molar-refractivity contribution in [2.24, 2.45) is 5.73 Å². The second-order valence-corrected chi connectivity index (χ2v) is 6.70. The molecule has 2 heterocycles. The average molecular weight is 349 g/mol. The van der Waals surface area contributed by atoms with E-state index >= 15 is 0 Å². The van der Waals surface area contributed by atoms with Crippen LogP contribution in [-0.4, -0.2) is 31.1 Å². The summed E-state index contributed by atoms with van der Waals surface area (Å²) in [7, 11) is -3.65. The molecule has 0 radical (unpaired) electrons. The van der Waals surface area contributed by atoms with Crippen molar-refractivity contribution in [1.29, 1.82) is 0 Å². The first-order valence-electron chi connectivity index (χ1n) is 6.92. The van der Waals surface area contributed by atoms with Crippen LogP contribution < -0.4 is 10.5 Å². The molecule has 0 bridgehead atoms. The van der Waals surface area contributed by atoms with Gasteiger partial charge in [-0.2, -0.15) is 0 Å². The van der Waals surface area contributed by atoms with Crippen LogP contribution in [0, 0.1) is 6.92 Å². The summed E-state index contributed by atoms with van der Waals surface area (Å²) >= 11 is 0. The third kappa shape index (κ3) is 4.16. The van der Waals surface area contributed by atoms with Crippen LogP contribution in [0.25, 0.3) is 11.1 Å². The first-order chi connectivity index (χ1) is 9.97. The third-order valence-corrected chi connectivity index (χ3v) is 4.80. The van der Waals surface area contributed by atoms with Gasteiger partial charge >= 0.3 is 0 Å². The van der Waals surface area contributed by atoms with E-state index < -0.39 is 10.0 Å². The number of hydrogen-bond donors (Lipinski definition) is 2. The summed E-state index contributed by atoms with van der Waals surface area (Å²) in [6.45, 7) is 4.05. The number of pyridine rings is 1. The molecule has 0 spiro atoms. The van der Waals surface area contributed by atoms with Gasteiger partial charge in [-0.1, -0.05) is 24.9 Å². The van der Waals surface area contributed by atoms with Gasteiger partial charge in [0.2, 0.25) is 10.0 Å². The Bertz CT molecular complexity index is 717. The second-order valence-electron chi connectivity index (χ2n) is 4.99. The Morgan fingerprint density at radius 3 is 2.82 bits per heavy atom. The Kier molecular flexibility index (Phi) is 6.73. The molecule has 124 valence electrons. The van der Waals surface area contributed by atoms with E-state index in [4.69, 9.17) is 10.3 Å². The lowest BCUT2D eigenvalue weighted by Gasteiger charge is -2.16. The fourth-order valence-electron chi connectivity index (χ4n) is 2.04. The molecule has 1 atom stereocenters. The summed E-state index contributed by atoms with van der Waals surface area (Å²) in [4.78, 5) is 4.08. The molecule has 0 aromatic carbocycles. The van der Waals surface area contributed by atoms with Crippen molar-refractivity contribution in [2.75, 3.05) is 6.54 Å². The molecule has 2 aromatic rings. The molecule has 0 aliphatic rings. The number of aromatic nitrogens is 2. The average Bonchev–Trinajstić information content (AvgIpc) is 2.84. The largest absolute Gasteiger partial charge is 0.336 e. The van der Waals surface area contributed by atoms with Crippen molar-refractivity contribution >= 4 is 33.5 Å². The van der Waals surface area contributed by atoms with Crippen LogP contribution in [0.15, 0.2) is 21.7 Å². The number of nitrogens with one attached hydrogen (secondary N) is 1. The van der Waals surface area contributed by atoms with Gasteiger partial charge in [0.15, 0.2) is 0 Å². The molecule has 0 aliphatic carbocycles. The molecule has 9 heteroatoms. The van der Waals surface area contributed by atoms with E-state index in [1.165, 1.54) is 12.3 Å². The van der Waals surface area contributed by atoms with Crippen LogP contribution >= 0.6 is 12.4 Å². The fraction of sp³-hybridized carbons (Fsp3) is 0.538. The second kappa shape index (κ2) is 7.87. The van der Waals surface area contributed by atoms with Gasteiger partial charge in [0, 0.05) is 12.6 Å². The maximum absolute atomic E-state index is 12.4. The van der Waals surface area contributed by atoms with E-state index in [2.05, 4.69) is 21.8 Å². The van der Waals surface area contributed by atoms with Crippen molar-refractivity contribution in [3.05, 3.63) is 18.0 Å². The van der Waals surface area contributed by atoms with Crippen LogP contribution in [0.5, 0.6) is 0 Å². The molecule has 0 amide bonds. The Hall–Kier alpha value is -1.22. The zero-order chi connectivity index (χ0) is 15.5. The minimum Gasteiger partial charge on any atom is -0.336 e. The lowest BCUT2D eigenvalue weighted by molar-refractivity contribution is 0.442. The fourth-order valence-corrected chi connectivity index (χ4v) is 3.29. The summed E-state index contributed by atoms with van der Waals surface area (Å²) < 4.78 is 32.4. The van der Waals surface area contributed by atoms with Crippen LogP contribution in [0.4, 0.5) is 0 Å². The van der Waals surface area contributed by atoms with Crippen molar-refractivity contribution in [2.45, 2.75) is 44.0 Å². The molecular weight excluding hydrogens is 328 g/mol. The zero-order valence-corrected chi connectivity index (χ0v) is 14.2. The Morgan fingerprint density at radius 2 is 2.18 bits per heavy atom. The van der Waals surface area contributed by atoms with E-state index in [-0.39, 0.29) is 29.9 Å². The molecule has 0 saturated heterocycles. The minimum atomic E-state index is -3.65. The number of nitrogens with zero attached hydrogens (tertiary/aromatic N) is 2. The van der Waals surface area contributed by atoms with Crippen LogP contribution in [0.2, 0.25) is 0 Å². The molecule has 1 unspecified atom stereocenters. The standard InChI is InChI=1S/C13H20N4O3S.ClH/c1-3-4-5-10(7-14)17-21(18,19)11-6-12-9(2)16-20-13(12)15-8-11;/h6,8,10,17H,3-5,7,14H2,1-2H3;1H. The van der Waals surface area contributed by atoms with Gasteiger partial charge in [0.25, 0.3) is 5.71 Å². The van der Waals surface area contributed by atoms with E-state index in [1.54, 1.807) is 6.92 Å². The van der Waals surface area contributed by atoms with Crippen molar-refractivity contribution < 1.29 is 12.9 Å². The number of sulfonamides is 1. The maximum Gasteiger partial charge on any atom is 0.257 e. The summed E-state index contributed by atoms with van der Waals surface area (Å²) in [5.74, 6) is 0. The molecular formula is C13H21ClN4O3S. The van der Waals surface area contributed by atoms with E-state index in [9.17, 15) is 8.42 Å². The topological polar surface area (TPSA) is 111 Å². The highest BCUT2D eigenvalue weighted by Crippen LogP contribution is 2.19. The zero-order valence-electron chi connectivity index (χ0n) is 12.6. The molecule has 0 aliphatic heterocycles. The molecule has 0 fully saturated rings. The normalized spacial score (nSPS) is 13.0. The van der Waals surface area contributed by atoms with Gasteiger partial charge in [-0.05, 0) is 19.4 Å². The predicted molar refractivity (Wildman–Crippen MR) is 86.5 cm³/mol. The molecule has 3 N–H and O–H groups in total. The van der Waals surface area contributed by atoms with Gasteiger partial charge in [0.1, 0.15) is 4.90 Å². The highest BCUT2D eigenvalue weighted by atomic mass is 35.5. The first-order valence-corrected chi connectivity index (χ1v) is 8.40. The van der Waals surface area contributed by atoms with Crippen molar-refractivity contribution in [3.63, 3.8) is 0 Å². The molecule has 22 heavy (non-hydrogen) atoms. The number of aryl methyl sites for hydroxylation is 1. The van der Waals surface area contributed by atoms with Gasteiger partial charge in [-0.3, -0.25) is 0 Å². The molecule has 2 rings (SSSR count). The maximum atomic E-state index is 12.4. The number of halogens is 1. The van der Waals surface area contributed by atoms with Gasteiger partial charge in [-0.25, -0.2) is 18.1 Å². The van der Waals surface area contributed by atoms with E-state index in [1.807, 2.05) is 0 Å². The lowest BCUT2D eigenvalue weighted by Crippen LogP contribution is -2.40. The van der Waals surface area contributed by atoms with Crippen LogP contribution in [0.3, 0.4) is 0 Å². The first kappa shape index (κ1) is 18.8. The van der Waals surface area contributed by atoms with Gasteiger partial charge in [-0.15, -0.1) is 12.4 Å². The monoisotopic (exact) mass is 348 g/mol. The number of nitrogens with two attached hydrogens (primary N) is 1. The lowest BCUT2D eigenvalue weighted by atomic mass is 10.1. The van der Waals surface area contributed by atoms with E-state index in [0.29, 0.717) is 23.2 Å². The Balaban J connectivity index is 0.00000242. The number of fused-ring (bicyclic) bond motifs is 1. The SMILES string of the molecule is CCCCC(CN)NS(=O)(=O)c1cnc2onc(C)c2c1.Cl. The van der Waals surface area contributed by atoms with Crippen molar-refractivity contribution in [3.8, 4) is 0 Å². The number of unbranched alkanes of at least 4 members (excludes halogenated alkanes) is 1. The smallest absolute Gasteiger partial charge is 0.257 e. The van der Waals surface area contributed by atoms with Crippen molar-refractivity contribution in [1.82, 2.24) is 14.9 Å². The minimum absolute atomic E-state index is 0. The quantitative estimate of drug-likeness (QED) is 0.788.